The van der Waals surface area contributed by atoms with Crippen LogP contribution < -0.4 is 28.4 Å². The van der Waals surface area contributed by atoms with E-state index in [9.17, 15) is 20.4 Å². The molecule has 0 spiro atoms. The summed E-state index contributed by atoms with van der Waals surface area (Å²) in [6.07, 6.45) is 12.3. The molecule has 20 rings (SSSR count). The van der Waals surface area contributed by atoms with Gasteiger partial charge >= 0.3 is 0 Å². The van der Waals surface area contributed by atoms with Gasteiger partial charge in [-0.05, 0) is 286 Å². The minimum atomic E-state index is 0.0340. The van der Waals surface area contributed by atoms with Crippen molar-refractivity contribution in [2.45, 2.75) is 186 Å². The zero-order valence-electron chi connectivity index (χ0n) is 86.4. The Balaban J connectivity index is 0.000000138. The highest BCUT2D eigenvalue weighted by atomic mass is 16.5. The molecule has 0 bridgehead atoms. The van der Waals surface area contributed by atoms with Crippen LogP contribution in [0.3, 0.4) is 0 Å². The predicted octanol–water partition coefficient (Wildman–Crippen LogP) is 29.1. The molecule has 0 saturated heterocycles. The van der Waals surface area contributed by atoms with Gasteiger partial charge in [-0.3, -0.25) is 9.97 Å². The van der Waals surface area contributed by atoms with Crippen LogP contribution in [-0.2, 0) is 131 Å². The Hall–Kier alpha value is -15.7. The van der Waals surface area contributed by atoms with E-state index >= 15 is 0 Å². The van der Waals surface area contributed by atoms with E-state index in [0.29, 0.717) is 39.6 Å². The van der Waals surface area contributed by atoms with Crippen LogP contribution in [0.1, 0.15) is 166 Å². The van der Waals surface area contributed by atoms with Gasteiger partial charge in [-0.1, -0.05) is 352 Å². The Labute approximate surface area is 878 Å². The maximum Gasteiger partial charge on any atom is 0.127 e. The van der Waals surface area contributed by atoms with Gasteiger partial charge in [0, 0.05) is 40.2 Å². The topological polar surface area (TPSA) is 223 Å². The second-order valence-electron chi connectivity index (χ2n) is 36.6. The first-order chi connectivity index (χ1) is 73.1. The lowest BCUT2D eigenvalue weighted by molar-refractivity contribution is 0.269. The van der Waals surface area contributed by atoms with Crippen LogP contribution >= 0.6 is 0 Å². The van der Waals surface area contributed by atoms with Gasteiger partial charge in [-0.15, -0.1) is 0 Å². The quantitative estimate of drug-likeness (QED) is 0.0208. The van der Waals surface area contributed by atoms with Crippen LogP contribution in [0.2, 0.25) is 0 Å². The van der Waals surface area contributed by atoms with Gasteiger partial charge in [0.25, 0.3) is 0 Å². The van der Waals surface area contributed by atoms with Gasteiger partial charge in [0.15, 0.2) is 0 Å². The van der Waals surface area contributed by atoms with Crippen LogP contribution in [0.15, 0.2) is 401 Å². The molecule has 0 aliphatic carbocycles. The molecule has 15 nitrogen and oxygen atoms in total. The minimum Gasteiger partial charge on any atom is -0.489 e. The molecule has 0 radical (unpaired) electrons. The zero-order chi connectivity index (χ0) is 104. The number of hydrogen-bond donors (Lipinski definition) is 7. The van der Waals surface area contributed by atoms with E-state index in [1.807, 2.05) is 219 Å². The van der Waals surface area contributed by atoms with Gasteiger partial charge in [-0.2, -0.15) is 0 Å². The van der Waals surface area contributed by atoms with E-state index in [1.165, 1.54) is 89.9 Å². The molecule has 149 heavy (non-hydrogen) atoms. The van der Waals surface area contributed by atoms with E-state index in [0.717, 1.165) is 185 Å². The molecule has 7 N–H and O–H groups in total. The number of benzene rings is 16. The highest BCUT2D eigenvalue weighted by molar-refractivity contribution is 5.78. The molecular formula is C134H136N2O13. The Morgan fingerprint density at radius 3 is 0.913 bits per heavy atom. The molecule has 2 aromatic heterocycles. The Morgan fingerprint density at radius 1 is 0.215 bits per heavy atom. The fourth-order valence-electron chi connectivity index (χ4n) is 17.2. The first kappa shape index (κ1) is 109. The number of aliphatic hydroxyl groups is 7. The fraction of sp³-hybridized carbons (Fsp3) is 0.209. The largest absolute Gasteiger partial charge is 0.489 e. The van der Waals surface area contributed by atoms with Crippen molar-refractivity contribution in [1.29, 1.82) is 0 Å². The SMILES string of the molecule is CCCc1ccc(-c2ccc(CO)cc2)cc1.CCc1ccc(-c2ccc(CO)cc2)nc1.CCc1ccc(-c2ccc(OCc3cccc(CO)c3)cc2)nc1.CCc1ccc2c(c1)OCc1cc(CO)ccc1-2.CCc1ccc2c(c1)OCc1cc(OCc3cccc(CO)c3)ccc1-2.CCc1cccc(-c2ccc(OCc3cccc(CO)c3)cc2)c1.CCc1cccc(-c2ccc(OCc3ccccc3CO)cc2)c1. The van der Waals surface area contributed by atoms with Gasteiger partial charge in [-0.25, -0.2) is 0 Å². The van der Waals surface area contributed by atoms with Crippen molar-refractivity contribution in [2.75, 3.05) is 0 Å². The Bertz CT molecular complexity index is 7080. The highest BCUT2D eigenvalue weighted by Crippen LogP contribution is 2.42. The third kappa shape index (κ3) is 32.2. The molecule has 0 fully saturated rings. The second kappa shape index (κ2) is 57.5. The predicted molar refractivity (Wildman–Crippen MR) is 602 cm³/mol. The molecule has 15 heteroatoms. The summed E-state index contributed by atoms with van der Waals surface area (Å²) in [7, 11) is 0. The van der Waals surface area contributed by atoms with E-state index in [1.54, 1.807) is 0 Å². The van der Waals surface area contributed by atoms with Crippen molar-refractivity contribution in [2.24, 2.45) is 0 Å². The van der Waals surface area contributed by atoms with E-state index in [4.69, 9.17) is 43.7 Å². The summed E-state index contributed by atoms with van der Waals surface area (Å²) in [5.74, 6) is 5.26. The number of aliphatic hydroxyl groups excluding tert-OH is 7. The summed E-state index contributed by atoms with van der Waals surface area (Å²) in [5, 5.41) is 64.1. The number of ether oxygens (including phenoxy) is 6. The maximum atomic E-state index is 9.37. The first-order valence-electron chi connectivity index (χ1n) is 51.6. The Morgan fingerprint density at radius 2 is 0.517 bits per heavy atom. The van der Waals surface area contributed by atoms with Gasteiger partial charge in [0.1, 0.15) is 74.1 Å². The van der Waals surface area contributed by atoms with Crippen molar-refractivity contribution < 1.29 is 64.2 Å². The lowest BCUT2D eigenvalue weighted by Crippen LogP contribution is -2.06. The standard InChI is InChI=1S/C23H22O3.2C22H22O2.C21H21NO2.C16H16O2.C16H18O.C14H15NO/c1-2-16-6-8-22-21-9-7-20(12-19(21)15-26-23(22)11-16)25-14-18-5-3-4-17(10-18)13-24;1-2-17-5-4-8-21(14-17)20-9-11-22(12-10-20)24-16-19-7-3-6-18(13-19)15-23;1-2-17-6-5-9-19(14-17)18-10-12-22(13-11-18)24-16-21-8-4-3-7-20(21)15-23;1-2-16-6-11-21(22-13-16)19-7-9-20(10-8-19)24-15-18-5-3-4-17(12-18)14-23;1-2-11-3-6-15-14-5-4-12(9-17)7-13(14)10-18-16(15)8-11;1-2-3-13-4-8-15(9-5-13)16-10-6-14(12-17)7-11-16;1-2-11-5-8-14(15-9-11)13-6-3-12(10-16)4-7-13/h3-12,24H,2,13-15H2,1H3;2*3-14,23H,2,15-16H2,1H3;3-13,23H,2,14-15H2,1H3;3-8,17H,2,9-10H2,1H3;4-11,17H,2-3,12H2,1H3;3-9,16H,2,10H2,1H3. The average Bonchev–Trinajstić information content (AvgIpc) is 0.782. The summed E-state index contributed by atoms with van der Waals surface area (Å²) >= 11 is 0. The molecule has 16 aromatic carbocycles. The molecule has 760 valence electrons. The third-order valence-electron chi connectivity index (χ3n) is 26.2. The van der Waals surface area contributed by atoms with Gasteiger partial charge < -0.3 is 64.2 Å². The molecule has 0 amide bonds. The number of rotatable bonds is 32. The summed E-state index contributed by atoms with van der Waals surface area (Å²) in [6.45, 7) is 18.6. The van der Waals surface area contributed by atoms with Crippen molar-refractivity contribution in [3.05, 3.63) is 512 Å². The molecule has 2 aliphatic rings. The summed E-state index contributed by atoms with van der Waals surface area (Å²) in [4.78, 5) is 8.91. The van der Waals surface area contributed by atoms with Gasteiger partial charge in [0.05, 0.1) is 57.6 Å². The zero-order valence-corrected chi connectivity index (χ0v) is 86.4. The summed E-state index contributed by atoms with van der Waals surface area (Å²) in [5.41, 5.74) is 38.1. The molecule has 2 aliphatic heterocycles. The van der Waals surface area contributed by atoms with Crippen LogP contribution in [0.4, 0.5) is 0 Å². The van der Waals surface area contributed by atoms with Crippen LogP contribution in [0.5, 0.6) is 34.5 Å². The molecule has 4 heterocycles. The minimum absolute atomic E-state index is 0.0340. The number of hydrogen-bond acceptors (Lipinski definition) is 15. The van der Waals surface area contributed by atoms with Gasteiger partial charge in [0.2, 0.25) is 0 Å². The normalized spacial score (nSPS) is 11.0. The number of fused-ring (bicyclic) bond motifs is 6. The van der Waals surface area contributed by atoms with Crippen LogP contribution in [-0.4, -0.2) is 45.7 Å². The molecule has 0 atom stereocenters. The molecular weight excluding hydrogens is 1850 g/mol. The molecule has 18 aromatic rings. The van der Waals surface area contributed by atoms with Crippen molar-refractivity contribution >= 4 is 0 Å². The smallest absolute Gasteiger partial charge is 0.127 e. The number of nitrogens with zero attached hydrogens (tertiary/aromatic N) is 2. The summed E-state index contributed by atoms with van der Waals surface area (Å²) < 4.78 is 35.2. The number of pyridine rings is 2. The highest BCUT2D eigenvalue weighted by Gasteiger charge is 2.21. The van der Waals surface area contributed by atoms with E-state index < -0.39 is 0 Å². The molecule has 0 saturated carbocycles. The van der Waals surface area contributed by atoms with Crippen LogP contribution in [0, 0.1) is 0 Å². The van der Waals surface area contributed by atoms with E-state index in [2.05, 4.69) is 240 Å². The molecule has 0 unspecified atom stereocenters. The summed E-state index contributed by atoms with van der Waals surface area (Å²) in [6, 6.07) is 131. The lowest BCUT2D eigenvalue weighted by Gasteiger charge is -2.22. The first-order valence-corrected chi connectivity index (χ1v) is 51.6. The lowest BCUT2D eigenvalue weighted by atomic mass is 9.94. The van der Waals surface area contributed by atoms with E-state index in [-0.39, 0.29) is 46.2 Å². The average molecular weight is 1980 g/mol. The van der Waals surface area contributed by atoms with Crippen molar-refractivity contribution in [3.63, 3.8) is 0 Å². The monoisotopic (exact) mass is 1980 g/mol. The third-order valence-corrected chi connectivity index (χ3v) is 26.2. The van der Waals surface area contributed by atoms with Crippen LogP contribution in [0.25, 0.3) is 78.1 Å². The maximum absolute atomic E-state index is 9.37. The van der Waals surface area contributed by atoms with Crippen molar-refractivity contribution in [1.82, 2.24) is 9.97 Å². The number of aryl methyl sites for hydroxylation is 7. The number of aromatic nitrogens is 2. The Kier molecular flexibility index (Phi) is 42.0. The fourth-order valence-corrected chi connectivity index (χ4v) is 17.2. The second-order valence-corrected chi connectivity index (χ2v) is 36.6. The van der Waals surface area contributed by atoms with Crippen molar-refractivity contribution in [3.8, 4) is 113 Å².